The number of carbonyl (C=O) groups is 1. The third kappa shape index (κ3) is 1.82. The van der Waals surface area contributed by atoms with E-state index in [4.69, 9.17) is 5.73 Å². The van der Waals surface area contributed by atoms with Gasteiger partial charge >= 0.3 is 6.03 Å². The number of hydrogen-bond donors (Lipinski definition) is 2. The van der Waals surface area contributed by atoms with E-state index in [0.717, 1.165) is 12.1 Å². The molecule has 2 bridgehead atoms. The van der Waals surface area contributed by atoms with Crippen LogP contribution in [0.15, 0.2) is 5.10 Å². The largest absolute Gasteiger partial charge is 0.350 e. The Morgan fingerprint density at radius 2 is 2.11 bits per heavy atom. The van der Waals surface area contributed by atoms with Crippen LogP contribution in [0.4, 0.5) is 4.79 Å². The van der Waals surface area contributed by atoms with E-state index in [1.165, 1.54) is 19.3 Å². The van der Waals surface area contributed by atoms with Crippen LogP contribution in [0, 0.1) is 22.7 Å². The normalized spacial score (nSPS) is 37.9. The van der Waals surface area contributed by atoms with E-state index >= 15 is 0 Å². The number of nitrogens with zero attached hydrogens (tertiary/aromatic N) is 1. The van der Waals surface area contributed by atoms with Crippen LogP contribution in [0.1, 0.15) is 53.4 Å². The molecule has 3 N–H and O–H groups in total. The summed E-state index contributed by atoms with van der Waals surface area (Å²) in [5.74, 6) is 1.20. The third-order valence-corrected chi connectivity index (χ3v) is 5.75. The van der Waals surface area contributed by atoms with Crippen molar-refractivity contribution >= 4 is 11.7 Å². The fraction of sp³-hybridized carbons (Fsp3) is 0.857. The van der Waals surface area contributed by atoms with Gasteiger partial charge in [-0.05, 0) is 42.4 Å². The second kappa shape index (κ2) is 4.25. The average molecular weight is 251 g/mol. The second-order valence-corrected chi connectivity index (χ2v) is 6.67. The summed E-state index contributed by atoms with van der Waals surface area (Å²) < 4.78 is 0. The smallest absolute Gasteiger partial charge is 0.332 e. The van der Waals surface area contributed by atoms with E-state index in [2.05, 4.69) is 38.2 Å². The van der Waals surface area contributed by atoms with Crippen molar-refractivity contribution in [3.05, 3.63) is 0 Å². The Morgan fingerprint density at radius 1 is 1.44 bits per heavy atom. The van der Waals surface area contributed by atoms with E-state index in [1.807, 2.05) is 0 Å². The zero-order valence-corrected chi connectivity index (χ0v) is 11.9. The van der Waals surface area contributed by atoms with E-state index in [-0.39, 0.29) is 0 Å². The zero-order valence-electron chi connectivity index (χ0n) is 11.9. The summed E-state index contributed by atoms with van der Waals surface area (Å²) in [7, 11) is 0. The molecule has 0 unspecified atom stereocenters. The van der Waals surface area contributed by atoms with E-state index in [1.54, 1.807) is 0 Å². The number of amides is 2. The zero-order chi connectivity index (χ0) is 13.6. The molecular formula is C14H25N3O. The minimum Gasteiger partial charge on any atom is -0.350 e. The van der Waals surface area contributed by atoms with Crippen molar-refractivity contribution in [3.63, 3.8) is 0 Å². The molecular weight excluding hydrogens is 226 g/mol. The second-order valence-electron chi connectivity index (χ2n) is 6.67. The van der Waals surface area contributed by atoms with Crippen molar-refractivity contribution in [3.8, 4) is 0 Å². The predicted molar refractivity (Wildman–Crippen MR) is 73.2 cm³/mol. The van der Waals surface area contributed by atoms with Gasteiger partial charge in [0, 0.05) is 11.6 Å². The monoisotopic (exact) mass is 251 g/mol. The molecule has 0 aliphatic heterocycles. The predicted octanol–water partition coefficient (Wildman–Crippen LogP) is 2.88. The first kappa shape index (κ1) is 13.4. The quantitative estimate of drug-likeness (QED) is 0.588. The van der Waals surface area contributed by atoms with Crippen LogP contribution in [-0.4, -0.2) is 11.7 Å². The molecule has 2 saturated carbocycles. The number of hydrogen-bond acceptors (Lipinski definition) is 2. The van der Waals surface area contributed by atoms with Crippen LogP contribution >= 0.6 is 0 Å². The van der Waals surface area contributed by atoms with Crippen LogP contribution < -0.4 is 11.2 Å². The summed E-state index contributed by atoms with van der Waals surface area (Å²) in [4.78, 5) is 10.8. The Kier molecular flexibility index (Phi) is 3.16. The first-order chi connectivity index (χ1) is 8.32. The molecule has 3 atom stereocenters. The van der Waals surface area contributed by atoms with Crippen molar-refractivity contribution in [1.29, 1.82) is 0 Å². The number of urea groups is 1. The van der Waals surface area contributed by atoms with Gasteiger partial charge in [-0.2, -0.15) is 5.10 Å². The number of primary amides is 1. The number of rotatable bonds is 3. The fourth-order valence-corrected chi connectivity index (χ4v) is 4.20. The lowest BCUT2D eigenvalue weighted by Gasteiger charge is -2.34. The van der Waals surface area contributed by atoms with Crippen molar-refractivity contribution < 1.29 is 4.79 Å². The molecule has 102 valence electrons. The highest BCUT2D eigenvalue weighted by Crippen LogP contribution is 2.67. The van der Waals surface area contributed by atoms with Crippen molar-refractivity contribution in [2.45, 2.75) is 53.4 Å². The van der Waals surface area contributed by atoms with E-state index < -0.39 is 6.03 Å². The van der Waals surface area contributed by atoms with Gasteiger partial charge in [0.1, 0.15) is 0 Å². The van der Waals surface area contributed by atoms with Gasteiger partial charge in [-0.1, -0.05) is 27.7 Å². The van der Waals surface area contributed by atoms with Gasteiger partial charge in [-0.15, -0.1) is 0 Å². The lowest BCUT2D eigenvalue weighted by atomic mass is 9.71. The molecule has 2 aliphatic carbocycles. The van der Waals surface area contributed by atoms with Crippen molar-refractivity contribution in [2.24, 2.45) is 33.5 Å². The summed E-state index contributed by atoms with van der Waals surface area (Å²) in [6, 6.07) is -0.574. The van der Waals surface area contributed by atoms with Crippen LogP contribution in [0.3, 0.4) is 0 Å². The molecule has 4 nitrogen and oxygen atoms in total. The summed E-state index contributed by atoms with van der Waals surface area (Å²) in [6.45, 7) is 9.28. The molecule has 0 saturated heterocycles. The van der Waals surface area contributed by atoms with Crippen molar-refractivity contribution in [2.75, 3.05) is 0 Å². The maximum atomic E-state index is 10.8. The molecule has 4 heteroatoms. The van der Waals surface area contributed by atoms with Crippen LogP contribution in [0.5, 0.6) is 0 Å². The number of hydrazone groups is 1. The summed E-state index contributed by atoms with van der Waals surface area (Å²) in [5.41, 5.74) is 9.40. The lowest BCUT2D eigenvalue weighted by molar-refractivity contribution is 0.152. The highest BCUT2D eigenvalue weighted by Gasteiger charge is 2.61. The van der Waals surface area contributed by atoms with Gasteiger partial charge < -0.3 is 5.73 Å². The average Bonchev–Trinajstić information content (AvgIpc) is 2.61. The molecule has 2 fully saturated rings. The number of carbonyl (C=O) groups excluding carboxylic acids is 1. The molecule has 2 rings (SSSR count). The van der Waals surface area contributed by atoms with Gasteiger partial charge in [-0.25, -0.2) is 10.2 Å². The molecule has 2 amide bonds. The highest BCUT2D eigenvalue weighted by atomic mass is 16.2. The maximum Gasteiger partial charge on any atom is 0.332 e. The lowest BCUT2D eigenvalue weighted by Crippen LogP contribution is -2.30. The standard InChI is InChI=1S/C14H25N3O/c1-5-11(16-17-12(15)18)9-8-14(4)7-6-10(9)13(14,2)3/h9-10H,5-8H2,1-4H3,(H3,15,17,18)/b16-11-/t9-,10-,14+/m0/s1. The van der Waals surface area contributed by atoms with Gasteiger partial charge in [0.15, 0.2) is 0 Å². The fourth-order valence-electron chi connectivity index (χ4n) is 4.20. The minimum absolute atomic E-state index is 0.375. The molecule has 0 spiro atoms. The molecule has 0 aromatic carbocycles. The van der Waals surface area contributed by atoms with Crippen LogP contribution in [0.2, 0.25) is 0 Å². The topological polar surface area (TPSA) is 67.5 Å². The maximum absolute atomic E-state index is 10.8. The van der Waals surface area contributed by atoms with E-state index in [0.29, 0.717) is 22.7 Å². The molecule has 0 heterocycles. The molecule has 18 heavy (non-hydrogen) atoms. The Bertz CT molecular complexity index is 386. The Balaban J connectivity index is 2.21. The number of nitrogens with two attached hydrogens (primary N) is 1. The number of nitrogens with one attached hydrogen (secondary N) is 1. The SMILES string of the molecule is CC/C(=N/NC(N)=O)[C@H]1C[C@@]2(C)CC[C@@H]1C2(C)C. The molecule has 0 radical (unpaired) electrons. The summed E-state index contributed by atoms with van der Waals surface area (Å²) in [6.07, 6.45) is 4.68. The Morgan fingerprint density at radius 3 is 2.50 bits per heavy atom. The minimum atomic E-state index is -0.574. The van der Waals surface area contributed by atoms with Crippen LogP contribution in [-0.2, 0) is 0 Å². The molecule has 2 aliphatic rings. The van der Waals surface area contributed by atoms with Crippen LogP contribution in [0.25, 0.3) is 0 Å². The first-order valence-electron chi connectivity index (χ1n) is 6.93. The van der Waals surface area contributed by atoms with E-state index in [9.17, 15) is 4.79 Å². The summed E-state index contributed by atoms with van der Waals surface area (Å²) >= 11 is 0. The van der Waals surface area contributed by atoms with Gasteiger partial charge in [0.05, 0.1) is 0 Å². The van der Waals surface area contributed by atoms with Gasteiger partial charge in [0.25, 0.3) is 0 Å². The highest BCUT2D eigenvalue weighted by molar-refractivity contribution is 5.88. The number of fused-ring (bicyclic) bond motifs is 2. The Hall–Kier alpha value is -1.06. The third-order valence-electron chi connectivity index (χ3n) is 5.75. The molecule has 0 aromatic heterocycles. The Labute approximate surface area is 109 Å². The first-order valence-corrected chi connectivity index (χ1v) is 6.93. The molecule has 0 aromatic rings. The summed E-state index contributed by atoms with van der Waals surface area (Å²) in [5, 5.41) is 4.23. The van der Waals surface area contributed by atoms with Gasteiger partial charge in [0.2, 0.25) is 0 Å². The van der Waals surface area contributed by atoms with Crippen molar-refractivity contribution in [1.82, 2.24) is 5.43 Å². The van der Waals surface area contributed by atoms with Gasteiger partial charge in [-0.3, -0.25) is 0 Å².